The molecule has 0 aliphatic carbocycles. The van der Waals surface area contributed by atoms with Crippen LogP contribution in [-0.2, 0) is 20.0 Å². The molecule has 3 aromatic rings. The first-order chi connectivity index (χ1) is 13.5. The van der Waals surface area contributed by atoms with E-state index in [0.717, 1.165) is 36.2 Å². The molecule has 1 saturated heterocycles. The van der Waals surface area contributed by atoms with Gasteiger partial charge in [0.2, 0.25) is 0 Å². The normalized spacial score (nSPS) is 14.8. The van der Waals surface area contributed by atoms with Gasteiger partial charge in [-0.15, -0.1) is 0 Å². The number of carboxylic acid groups (broad SMARTS) is 1. The molecule has 1 fully saturated rings. The molecule has 0 aromatic carbocycles. The van der Waals surface area contributed by atoms with Crippen LogP contribution in [0.5, 0.6) is 0 Å². The van der Waals surface area contributed by atoms with Crippen molar-refractivity contribution in [3.8, 4) is 11.4 Å². The molecule has 4 rings (SSSR count). The van der Waals surface area contributed by atoms with Gasteiger partial charge < -0.3 is 14.7 Å². The zero-order valence-electron chi connectivity index (χ0n) is 16.2. The number of fused-ring (bicyclic) bond motifs is 1. The lowest BCUT2D eigenvalue weighted by Crippen LogP contribution is -2.19. The summed E-state index contributed by atoms with van der Waals surface area (Å²) in [4.78, 5) is 33.4. The van der Waals surface area contributed by atoms with Crippen molar-refractivity contribution in [3.05, 3.63) is 51.4 Å². The summed E-state index contributed by atoms with van der Waals surface area (Å²) in [7, 11) is 2.05. The molecule has 2 N–H and O–H groups in total. The summed E-state index contributed by atoms with van der Waals surface area (Å²) in [5.41, 5.74) is 4.28. The van der Waals surface area contributed by atoms with Gasteiger partial charge in [-0.25, -0.2) is 9.78 Å². The maximum absolute atomic E-state index is 12.2. The van der Waals surface area contributed by atoms with E-state index in [0.29, 0.717) is 17.8 Å². The maximum Gasteiger partial charge on any atom is 0.341 e. The second kappa shape index (κ2) is 7.24. The number of H-pyrrole nitrogens is 1. The Kier molecular flexibility index (Phi) is 4.77. The van der Waals surface area contributed by atoms with Crippen molar-refractivity contribution in [2.75, 3.05) is 13.1 Å². The molecule has 0 saturated carbocycles. The van der Waals surface area contributed by atoms with E-state index in [1.807, 2.05) is 19.1 Å². The average molecular weight is 380 g/mol. The smallest absolute Gasteiger partial charge is 0.341 e. The minimum Gasteiger partial charge on any atom is -0.477 e. The minimum absolute atomic E-state index is 0.241. The van der Waals surface area contributed by atoms with Crippen LogP contribution >= 0.6 is 0 Å². The molecule has 4 heterocycles. The highest BCUT2D eigenvalue weighted by Crippen LogP contribution is 2.25. The number of aromatic amines is 1. The predicted molar refractivity (Wildman–Crippen MR) is 108 cm³/mol. The van der Waals surface area contributed by atoms with Gasteiger partial charge >= 0.3 is 5.97 Å². The van der Waals surface area contributed by atoms with Gasteiger partial charge in [-0.3, -0.25) is 9.69 Å². The van der Waals surface area contributed by atoms with Crippen molar-refractivity contribution in [3.63, 3.8) is 0 Å². The van der Waals surface area contributed by atoms with E-state index in [1.165, 1.54) is 24.6 Å². The molecule has 28 heavy (non-hydrogen) atoms. The molecular formula is C21H24N4O3. The Morgan fingerprint density at radius 2 is 2.00 bits per heavy atom. The fourth-order valence-corrected chi connectivity index (χ4v) is 3.97. The van der Waals surface area contributed by atoms with E-state index in [2.05, 4.69) is 27.6 Å². The average Bonchev–Trinajstić information content (AvgIpc) is 3.29. The van der Waals surface area contributed by atoms with Crippen LogP contribution in [0.25, 0.3) is 22.4 Å². The third-order valence-corrected chi connectivity index (χ3v) is 5.57. The molecule has 0 radical (unpaired) electrons. The van der Waals surface area contributed by atoms with Crippen molar-refractivity contribution < 1.29 is 9.90 Å². The van der Waals surface area contributed by atoms with Crippen molar-refractivity contribution in [1.29, 1.82) is 0 Å². The first kappa shape index (κ1) is 18.4. The number of carboxylic acids is 1. The van der Waals surface area contributed by atoms with Crippen LogP contribution in [0.1, 0.15) is 41.4 Å². The molecular weight excluding hydrogens is 356 g/mol. The molecule has 0 atom stereocenters. The number of hydrogen-bond acceptors (Lipinski definition) is 4. The third-order valence-electron chi connectivity index (χ3n) is 5.57. The maximum atomic E-state index is 12.2. The van der Waals surface area contributed by atoms with Crippen LogP contribution in [0.3, 0.4) is 0 Å². The fourth-order valence-electron chi connectivity index (χ4n) is 3.97. The van der Waals surface area contributed by atoms with Crippen LogP contribution in [0.2, 0.25) is 0 Å². The first-order valence-corrected chi connectivity index (χ1v) is 9.65. The van der Waals surface area contributed by atoms with E-state index >= 15 is 0 Å². The Hall–Kier alpha value is -2.93. The minimum atomic E-state index is -1.22. The number of carbonyl (C=O) groups is 1. The number of hydrogen-bond donors (Lipinski definition) is 2. The second-order valence-electron chi connectivity index (χ2n) is 7.35. The van der Waals surface area contributed by atoms with E-state index in [9.17, 15) is 14.7 Å². The number of likely N-dealkylation sites (tertiary alicyclic amines) is 1. The molecule has 146 valence electrons. The lowest BCUT2D eigenvalue weighted by atomic mass is 10.1. The zero-order chi connectivity index (χ0) is 19.8. The highest BCUT2D eigenvalue weighted by molar-refractivity contribution is 5.88. The molecule has 7 heteroatoms. The summed E-state index contributed by atoms with van der Waals surface area (Å²) in [6.07, 6.45) is 3.11. The van der Waals surface area contributed by atoms with Crippen LogP contribution in [0.4, 0.5) is 0 Å². The van der Waals surface area contributed by atoms with Gasteiger partial charge in [0, 0.05) is 19.3 Å². The molecule has 0 bridgehead atoms. The number of aromatic nitrogens is 3. The summed E-state index contributed by atoms with van der Waals surface area (Å²) in [6, 6.07) is 7.44. The van der Waals surface area contributed by atoms with Crippen LogP contribution < -0.4 is 5.56 Å². The van der Waals surface area contributed by atoms with Gasteiger partial charge in [0.15, 0.2) is 0 Å². The SMILES string of the molecule is CCc1cc(C(=O)O)c(=O)[nH]c1-c1ccc2c(cc(CN3CCCC3)n2C)n1. The van der Waals surface area contributed by atoms with E-state index in [-0.39, 0.29) is 5.56 Å². The lowest BCUT2D eigenvalue weighted by Gasteiger charge is -2.14. The van der Waals surface area contributed by atoms with E-state index in [4.69, 9.17) is 4.98 Å². The Balaban J connectivity index is 1.76. The van der Waals surface area contributed by atoms with Crippen molar-refractivity contribution in [1.82, 2.24) is 19.4 Å². The Morgan fingerprint density at radius 3 is 2.68 bits per heavy atom. The van der Waals surface area contributed by atoms with Crippen LogP contribution in [0, 0.1) is 0 Å². The largest absolute Gasteiger partial charge is 0.477 e. The molecule has 1 aliphatic heterocycles. The summed E-state index contributed by atoms with van der Waals surface area (Å²) >= 11 is 0. The Morgan fingerprint density at radius 1 is 1.25 bits per heavy atom. The summed E-state index contributed by atoms with van der Waals surface area (Å²) in [6.45, 7) is 5.11. The number of aromatic carboxylic acids is 1. The van der Waals surface area contributed by atoms with Gasteiger partial charge in [0.05, 0.1) is 22.4 Å². The Bertz CT molecular complexity index is 1110. The number of pyridine rings is 2. The van der Waals surface area contributed by atoms with E-state index < -0.39 is 11.5 Å². The van der Waals surface area contributed by atoms with Crippen LogP contribution in [0.15, 0.2) is 29.1 Å². The molecule has 0 spiro atoms. The topological polar surface area (TPSA) is 91.2 Å². The monoisotopic (exact) mass is 380 g/mol. The Labute approximate surface area is 162 Å². The zero-order valence-corrected chi connectivity index (χ0v) is 16.2. The van der Waals surface area contributed by atoms with E-state index in [1.54, 1.807) is 0 Å². The molecule has 1 aliphatic rings. The van der Waals surface area contributed by atoms with Crippen molar-refractivity contribution in [2.24, 2.45) is 7.05 Å². The molecule has 3 aromatic heterocycles. The number of rotatable bonds is 5. The van der Waals surface area contributed by atoms with Gasteiger partial charge in [-0.1, -0.05) is 6.92 Å². The standard InChI is InChI=1S/C21H24N4O3/c1-3-13-10-15(21(27)28)20(26)23-19(13)16-6-7-18-17(22-16)11-14(24(18)2)12-25-8-4-5-9-25/h6-7,10-11H,3-5,8-9,12H2,1-2H3,(H,23,26)(H,27,28). The molecule has 0 amide bonds. The van der Waals surface area contributed by atoms with Crippen molar-refractivity contribution >= 4 is 17.0 Å². The fraction of sp³-hybridized carbons (Fsp3) is 0.381. The van der Waals surface area contributed by atoms with Gasteiger partial charge in [-0.2, -0.15) is 0 Å². The lowest BCUT2D eigenvalue weighted by molar-refractivity contribution is 0.0695. The van der Waals surface area contributed by atoms with Gasteiger partial charge in [-0.05, 0) is 62.2 Å². The predicted octanol–water partition coefficient (Wildman–Crippen LogP) is 2.79. The quantitative estimate of drug-likeness (QED) is 0.710. The number of nitrogens with zero attached hydrogens (tertiary/aromatic N) is 3. The second-order valence-corrected chi connectivity index (χ2v) is 7.35. The first-order valence-electron chi connectivity index (χ1n) is 9.65. The molecule has 7 nitrogen and oxygen atoms in total. The van der Waals surface area contributed by atoms with Crippen molar-refractivity contribution in [2.45, 2.75) is 32.7 Å². The number of aryl methyl sites for hydroxylation is 2. The van der Waals surface area contributed by atoms with Gasteiger partial charge in [0.25, 0.3) is 5.56 Å². The molecule has 0 unspecified atom stereocenters. The summed E-state index contributed by atoms with van der Waals surface area (Å²) in [5.74, 6) is -1.22. The number of nitrogens with one attached hydrogen (secondary N) is 1. The highest BCUT2D eigenvalue weighted by Gasteiger charge is 2.18. The summed E-state index contributed by atoms with van der Waals surface area (Å²) in [5, 5.41) is 9.20. The summed E-state index contributed by atoms with van der Waals surface area (Å²) < 4.78 is 2.17. The highest BCUT2D eigenvalue weighted by atomic mass is 16.4. The van der Waals surface area contributed by atoms with Crippen LogP contribution in [-0.4, -0.2) is 43.6 Å². The van der Waals surface area contributed by atoms with Gasteiger partial charge in [0.1, 0.15) is 5.56 Å². The third kappa shape index (κ3) is 3.22.